The Kier molecular flexibility index (Phi) is 7.41. The summed E-state index contributed by atoms with van der Waals surface area (Å²) in [6.07, 6.45) is 4.76. The van der Waals surface area contributed by atoms with Crippen molar-refractivity contribution in [3.63, 3.8) is 0 Å². The number of piperidine rings is 1. The Bertz CT molecular complexity index is 1480. The van der Waals surface area contributed by atoms with Gasteiger partial charge in [-0.25, -0.2) is 0 Å². The van der Waals surface area contributed by atoms with E-state index in [1.807, 2.05) is 89.8 Å². The molecule has 3 heterocycles. The van der Waals surface area contributed by atoms with Crippen LogP contribution < -0.4 is 10.2 Å². The normalized spacial score (nSPS) is 17.9. The van der Waals surface area contributed by atoms with Crippen molar-refractivity contribution in [2.24, 2.45) is 0 Å². The Labute approximate surface area is 239 Å². The van der Waals surface area contributed by atoms with E-state index in [2.05, 4.69) is 20.4 Å². The molecule has 3 fully saturated rings. The summed E-state index contributed by atoms with van der Waals surface area (Å²) in [6.45, 7) is 1.37. The number of H-pyrrole nitrogens is 1. The molecule has 41 heavy (non-hydrogen) atoms. The summed E-state index contributed by atoms with van der Waals surface area (Å²) in [7, 11) is 0. The lowest BCUT2D eigenvalue weighted by Crippen LogP contribution is -2.57. The van der Waals surface area contributed by atoms with Gasteiger partial charge in [-0.1, -0.05) is 54.6 Å². The molecule has 3 aromatic carbocycles. The Morgan fingerprint density at radius 3 is 2.24 bits per heavy atom. The topological polar surface area (TPSA) is 102 Å². The van der Waals surface area contributed by atoms with Crippen LogP contribution in [-0.4, -0.2) is 75.6 Å². The van der Waals surface area contributed by atoms with E-state index in [9.17, 15) is 14.4 Å². The summed E-state index contributed by atoms with van der Waals surface area (Å²) >= 11 is 0. The number of amides is 3. The lowest BCUT2D eigenvalue weighted by Gasteiger charge is -2.43. The van der Waals surface area contributed by atoms with E-state index in [4.69, 9.17) is 0 Å². The molecule has 1 saturated carbocycles. The van der Waals surface area contributed by atoms with Crippen molar-refractivity contribution in [3.8, 4) is 0 Å². The standard InChI is InChI=1S/C26H28N6O3.C6H6/c33-23(28-20-7-8-20)16-31-17-32(21-4-2-1-3-5-21)26(25(31)35)10-12-30(13-11-26)24(34)18-6-9-22-19(14-18)15-27-29-22;1-2-4-6-5-3-1/h1-6,9,14-15,20H,7-8,10-13,16-17H2,(H,27,29)(H,28,33);1-6H. The summed E-state index contributed by atoms with van der Waals surface area (Å²) < 4.78 is 0. The molecule has 2 saturated heterocycles. The number of nitrogens with zero attached hydrogens (tertiary/aromatic N) is 4. The molecule has 1 aliphatic carbocycles. The van der Waals surface area contributed by atoms with Gasteiger partial charge in [0.1, 0.15) is 12.1 Å². The number of benzene rings is 3. The average molecular weight is 551 g/mol. The van der Waals surface area contributed by atoms with Crippen LogP contribution in [0, 0.1) is 0 Å². The summed E-state index contributed by atoms with van der Waals surface area (Å²) in [5, 5.41) is 10.8. The molecule has 1 aromatic heterocycles. The van der Waals surface area contributed by atoms with E-state index in [0.29, 0.717) is 38.2 Å². The highest BCUT2D eigenvalue weighted by Gasteiger charge is 2.54. The highest BCUT2D eigenvalue weighted by Crippen LogP contribution is 2.39. The molecule has 0 atom stereocenters. The fraction of sp³-hybridized carbons (Fsp3) is 0.312. The van der Waals surface area contributed by atoms with E-state index < -0.39 is 5.54 Å². The molecule has 9 nitrogen and oxygen atoms in total. The first-order valence-electron chi connectivity index (χ1n) is 14.2. The maximum atomic E-state index is 13.8. The van der Waals surface area contributed by atoms with Gasteiger partial charge >= 0.3 is 0 Å². The maximum Gasteiger partial charge on any atom is 0.253 e. The predicted octanol–water partition coefficient (Wildman–Crippen LogP) is 3.81. The Morgan fingerprint density at radius 1 is 0.927 bits per heavy atom. The highest BCUT2D eigenvalue weighted by atomic mass is 16.2. The zero-order valence-corrected chi connectivity index (χ0v) is 22.9. The fourth-order valence-electron chi connectivity index (χ4n) is 5.72. The molecule has 210 valence electrons. The van der Waals surface area contributed by atoms with Gasteiger partial charge in [-0.05, 0) is 56.0 Å². The smallest absolute Gasteiger partial charge is 0.253 e. The van der Waals surface area contributed by atoms with E-state index in [1.54, 1.807) is 11.1 Å². The first kappa shape index (κ1) is 26.6. The molecule has 2 N–H and O–H groups in total. The second-order valence-corrected chi connectivity index (χ2v) is 10.9. The Balaban J connectivity index is 0.000000449. The van der Waals surface area contributed by atoms with Crippen LogP contribution in [-0.2, 0) is 9.59 Å². The number of anilines is 1. The minimum atomic E-state index is -0.757. The fourth-order valence-corrected chi connectivity index (χ4v) is 5.72. The number of carbonyl (C=O) groups is 3. The zero-order chi connectivity index (χ0) is 28.2. The number of aromatic amines is 1. The maximum absolute atomic E-state index is 13.8. The van der Waals surface area contributed by atoms with Crippen molar-refractivity contribution in [2.45, 2.75) is 37.3 Å². The van der Waals surface area contributed by atoms with Gasteiger partial charge in [-0.3, -0.25) is 19.5 Å². The summed E-state index contributed by atoms with van der Waals surface area (Å²) in [4.78, 5) is 45.1. The lowest BCUT2D eigenvalue weighted by atomic mass is 9.85. The van der Waals surface area contributed by atoms with Crippen molar-refractivity contribution < 1.29 is 14.4 Å². The Morgan fingerprint density at radius 2 is 1.59 bits per heavy atom. The van der Waals surface area contributed by atoms with Crippen LogP contribution in [0.25, 0.3) is 10.9 Å². The van der Waals surface area contributed by atoms with Gasteiger partial charge in [0.2, 0.25) is 5.91 Å². The monoisotopic (exact) mass is 550 g/mol. The molecule has 0 bridgehead atoms. The number of aromatic nitrogens is 2. The molecule has 9 heteroatoms. The molecule has 3 aliphatic rings. The number of para-hydroxylation sites is 1. The average Bonchev–Trinajstić information content (AvgIpc) is 3.64. The second kappa shape index (κ2) is 11.4. The van der Waals surface area contributed by atoms with Gasteiger partial charge in [0, 0.05) is 35.8 Å². The largest absolute Gasteiger partial charge is 0.352 e. The number of fused-ring (bicyclic) bond motifs is 1. The minimum Gasteiger partial charge on any atom is -0.352 e. The van der Waals surface area contributed by atoms with Gasteiger partial charge in [0.15, 0.2) is 0 Å². The summed E-state index contributed by atoms with van der Waals surface area (Å²) in [5.41, 5.74) is 1.70. The summed E-state index contributed by atoms with van der Waals surface area (Å²) in [5.74, 6) is -0.173. The molecule has 1 spiro atoms. The first-order chi connectivity index (χ1) is 20.0. The van der Waals surface area contributed by atoms with E-state index >= 15 is 0 Å². The van der Waals surface area contributed by atoms with Crippen LogP contribution >= 0.6 is 0 Å². The number of rotatable bonds is 5. The SMILES string of the molecule is O=C(CN1CN(c2ccccc2)C2(CCN(C(=O)c3ccc4[nH]ncc4c3)CC2)C1=O)NC1CC1.c1ccccc1. The quantitative estimate of drug-likeness (QED) is 0.394. The number of carbonyl (C=O) groups excluding carboxylic acids is 3. The van der Waals surface area contributed by atoms with Gasteiger partial charge in [0.25, 0.3) is 11.8 Å². The molecule has 0 unspecified atom stereocenters. The van der Waals surface area contributed by atoms with Crippen LogP contribution in [0.4, 0.5) is 5.69 Å². The third-order valence-electron chi connectivity index (χ3n) is 8.09. The van der Waals surface area contributed by atoms with Gasteiger partial charge in [-0.15, -0.1) is 0 Å². The molecular weight excluding hydrogens is 516 g/mol. The van der Waals surface area contributed by atoms with Gasteiger partial charge < -0.3 is 20.0 Å². The second-order valence-electron chi connectivity index (χ2n) is 10.9. The first-order valence-corrected chi connectivity index (χ1v) is 14.2. The third kappa shape index (κ3) is 5.66. The van der Waals surface area contributed by atoms with Crippen molar-refractivity contribution in [1.82, 2.24) is 25.3 Å². The van der Waals surface area contributed by atoms with Crippen molar-refractivity contribution in [2.75, 3.05) is 31.2 Å². The third-order valence-corrected chi connectivity index (χ3v) is 8.09. The molecule has 2 aliphatic heterocycles. The van der Waals surface area contributed by atoms with E-state index in [1.165, 1.54) is 0 Å². The van der Waals surface area contributed by atoms with E-state index in [0.717, 1.165) is 29.4 Å². The minimum absolute atomic E-state index is 0.0285. The van der Waals surface area contributed by atoms with Gasteiger partial charge in [0.05, 0.1) is 18.4 Å². The number of nitrogens with one attached hydrogen (secondary N) is 2. The number of hydrogen-bond donors (Lipinski definition) is 2. The Hall–Kier alpha value is -4.66. The predicted molar refractivity (Wildman–Crippen MR) is 157 cm³/mol. The highest BCUT2D eigenvalue weighted by molar-refractivity contribution is 5.99. The lowest BCUT2D eigenvalue weighted by molar-refractivity contribution is -0.137. The zero-order valence-electron chi connectivity index (χ0n) is 22.9. The van der Waals surface area contributed by atoms with Gasteiger partial charge in [-0.2, -0.15) is 5.10 Å². The molecular formula is C32H34N6O3. The number of likely N-dealkylation sites (tertiary alicyclic amines) is 1. The van der Waals surface area contributed by atoms with Crippen LogP contribution in [0.15, 0.2) is 91.1 Å². The van der Waals surface area contributed by atoms with Crippen molar-refractivity contribution >= 4 is 34.3 Å². The van der Waals surface area contributed by atoms with Crippen molar-refractivity contribution in [1.29, 1.82) is 0 Å². The van der Waals surface area contributed by atoms with Crippen molar-refractivity contribution in [3.05, 3.63) is 96.7 Å². The van der Waals surface area contributed by atoms with E-state index in [-0.39, 0.29) is 30.3 Å². The molecule has 0 radical (unpaired) electrons. The van der Waals surface area contributed by atoms with Crippen LogP contribution in [0.5, 0.6) is 0 Å². The molecule has 4 aromatic rings. The molecule has 3 amide bonds. The summed E-state index contributed by atoms with van der Waals surface area (Å²) in [6, 6.07) is 27.7. The van der Waals surface area contributed by atoms with Crippen LogP contribution in [0.3, 0.4) is 0 Å². The van der Waals surface area contributed by atoms with Crippen LogP contribution in [0.2, 0.25) is 0 Å². The number of hydrogen-bond acceptors (Lipinski definition) is 5. The van der Waals surface area contributed by atoms with Crippen LogP contribution in [0.1, 0.15) is 36.0 Å². The molecule has 7 rings (SSSR count).